The third-order valence-corrected chi connectivity index (χ3v) is 4.86. The molecule has 0 radical (unpaired) electrons. The molecule has 0 aliphatic rings. The molecule has 0 aliphatic carbocycles. The van der Waals surface area contributed by atoms with Crippen LogP contribution >= 0.6 is 11.3 Å². The van der Waals surface area contributed by atoms with Crippen molar-refractivity contribution in [1.82, 2.24) is 9.97 Å². The van der Waals surface area contributed by atoms with Gasteiger partial charge in [-0.1, -0.05) is 66.7 Å². The lowest BCUT2D eigenvalue weighted by atomic mass is 10.2. The Balaban J connectivity index is 1.75. The van der Waals surface area contributed by atoms with Gasteiger partial charge in [0.05, 0.1) is 5.52 Å². The first-order valence-electron chi connectivity index (χ1n) is 7.62. The molecular weight excluding hydrogens is 316 g/mol. The number of aromatic amines is 1. The monoisotopic (exact) mass is 330 g/mol. The van der Waals surface area contributed by atoms with Crippen LogP contribution in [0.1, 0.15) is 11.4 Å². The molecule has 0 aliphatic heterocycles. The predicted molar refractivity (Wildman–Crippen MR) is 101 cm³/mol. The Morgan fingerprint density at radius 2 is 1.62 bits per heavy atom. The lowest BCUT2D eigenvalue weighted by Gasteiger charge is -1.94. The average molecular weight is 330 g/mol. The summed E-state index contributed by atoms with van der Waals surface area (Å²) in [5.41, 5.74) is 2.80. The van der Waals surface area contributed by atoms with Gasteiger partial charge in [0, 0.05) is 4.88 Å². The fraction of sp³-hybridized carbons (Fsp3) is 0. The minimum atomic E-state index is -0.0973. The molecule has 4 aromatic rings. The van der Waals surface area contributed by atoms with Crippen molar-refractivity contribution in [3.8, 4) is 10.4 Å². The zero-order valence-electron chi connectivity index (χ0n) is 12.8. The number of H-pyrrole nitrogens is 1. The van der Waals surface area contributed by atoms with E-state index in [1.54, 1.807) is 0 Å². The molecule has 2 aromatic heterocycles. The van der Waals surface area contributed by atoms with Crippen LogP contribution in [-0.2, 0) is 0 Å². The van der Waals surface area contributed by atoms with Gasteiger partial charge in [0.15, 0.2) is 0 Å². The molecule has 116 valence electrons. The number of aromatic nitrogens is 2. The second-order valence-corrected chi connectivity index (χ2v) is 6.44. The van der Waals surface area contributed by atoms with E-state index >= 15 is 0 Å². The first kappa shape index (κ1) is 14.6. The standard InChI is InChI=1S/C20H14N2OS/c23-20-19-16(13-17(24-19)15-9-5-2-6-10-15)21-18(22-20)12-11-14-7-3-1-4-8-14/h1-13H,(H,21,22,23)/b12-11+. The Morgan fingerprint density at radius 1 is 0.917 bits per heavy atom. The molecule has 0 atom stereocenters. The van der Waals surface area contributed by atoms with E-state index in [0.717, 1.165) is 21.5 Å². The van der Waals surface area contributed by atoms with Crippen molar-refractivity contribution in [3.05, 3.63) is 88.5 Å². The Kier molecular flexibility index (Phi) is 3.81. The first-order valence-corrected chi connectivity index (χ1v) is 8.44. The summed E-state index contributed by atoms with van der Waals surface area (Å²) < 4.78 is 0.658. The molecule has 2 heterocycles. The second-order valence-electron chi connectivity index (χ2n) is 5.39. The maximum atomic E-state index is 12.3. The number of fused-ring (bicyclic) bond motifs is 1. The number of benzene rings is 2. The predicted octanol–water partition coefficient (Wildman–Crippen LogP) is 4.82. The van der Waals surface area contributed by atoms with Gasteiger partial charge in [-0.05, 0) is 23.3 Å². The fourth-order valence-corrected chi connectivity index (χ4v) is 3.52. The van der Waals surface area contributed by atoms with Gasteiger partial charge in [-0.25, -0.2) is 4.98 Å². The molecule has 1 N–H and O–H groups in total. The van der Waals surface area contributed by atoms with Crippen molar-refractivity contribution >= 4 is 33.7 Å². The summed E-state index contributed by atoms with van der Waals surface area (Å²) in [6, 6.07) is 21.9. The number of rotatable bonds is 3. The molecule has 0 saturated carbocycles. The molecule has 0 bridgehead atoms. The molecule has 4 rings (SSSR count). The zero-order chi connectivity index (χ0) is 16.4. The smallest absolute Gasteiger partial charge is 0.269 e. The van der Waals surface area contributed by atoms with Crippen molar-refractivity contribution in [1.29, 1.82) is 0 Å². The summed E-state index contributed by atoms with van der Waals surface area (Å²) >= 11 is 1.47. The maximum absolute atomic E-state index is 12.3. The third-order valence-electron chi connectivity index (χ3n) is 3.69. The van der Waals surface area contributed by atoms with E-state index in [1.807, 2.05) is 78.9 Å². The normalized spacial score (nSPS) is 11.3. The number of nitrogens with one attached hydrogen (secondary N) is 1. The van der Waals surface area contributed by atoms with Crippen LogP contribution in [0.15, 0.2) is 71.5 Å². The van der Waals surface area contributed by atoms with Gasteiger partial charge in [-0.2, -0.15) is 0 Å². The Morgan fingerprint density at radius 3 is 2.38 bits per heavy atom. The quantitative estimate of drug-likeness (QED) is 0.585. The van der Waals surface area contributed by atoms with E-state index in [2.05, 4.69) is 9.97 Å². The maximum Gasteiger partial charge on any atom is 0.269 e. The van der Waals surface area contributed by atoms with Crippen molar-refractivity contribution < 1.29 is 0 Å². The molecule has 0 amide bonds. The van der Waals surface area contributed by atoms with E-state index in [0.29, 0.717) is 10.5 Å². The van der Waals surface area contributed by atoms with Crippen LogP contribution in [0.2, 0.25) is 0 Å². The van der Waals surface area contributed by atoms with E-state index in [4.69, 9.17) is 0 Å². The van der Waals surface area contributed by atoms with Crippen LogP contribution in [0, 0.1) is 0 Å². The van der Waals surface area contributed by atoms with Crippen LogP contribution < -0.4 is 5.56 Å². The molecule has 2 aromatic carbocycles. The van der Waals surface area contributed by atoms with E-state index in [1.165, 1.54) is 11.3 Å². The molecule has 0 saturated heterocycles. The minimum absolute atomic E-state index is 0.0973. The van der Waals surface area contributed by atoms with Crippen LogP contribution in [0.5, 0.6) is 0 Å². The van der Waals surface area contributed by atoms with Crippen molar-refractivity contribution in [2.75, 3.05) is 0 Å². The number of nitrogens with zero attached hydrogens (tertiary/aromatic N) is 1. The SMILES string of the molecule is O=c1[nH]c(/C=C/c2ccccc2)nc2cc(-c3ccccc3)sc12. The minimum Gasteiger partial charge on any atom is -0.306 e. The van der Waals surface area contributed by atoms with Crippen molar-refractivity contribution in [2.24, 2.45) is 0 Å². The third kappa shape index (κ3) is 2.92. The molecule has 3 nitrogen and oxygen atoms in total. The van der Waals surface area contributed by atoms with Gasteiger partial charge < -0.3 is 4.98 Å². The summed E-state index contributed by atoms with van der Waals surface area (Å²) in [6.07, 6.45) is 3.77. The van der Waals surface area contributed by atoms with E-state index in [9.17, 15) is 4.79 Å². The molecule has 0 unspecified atom stereocenters. The van der Waals surface area contributed by atoms with Crippen molar-refractivity contribution in [2.45, 2.75) is 0 Å². The number of hydrogen-bond donors (Lipinski definition) is 1. The first-order chi connectivity index (χ1) is 11.8. The summed E-state index contributed by atoms with van der Waals surface area (Å²) in [5.74, 6) is 0.564. The molecule has 0 fully saturated rings. The topological polar surface area (TPSA) is 45.8 Å². The highest BCUT2D eigenvalue weighted by Gasteiger charge is 2.09. The number of thiophene rings is 1. The van der Waals surface area contributed by atoms with Crippen LogP contribution in [0.25, 0.3) is 32.8 Å². The summed E-state index contributed by atoms with van der Waals surface area (Å²) in [4.78, 5) is 20.8. The lowest BCUT2D eigenvalue weighted by Crippen LogP contribution is -2.07. The van der Waals surface area contributed by atoms with E-state index < -0.39 is 0 Å². The Hall–Kier alpha value is -2.98. The van der Waals surface area contributed by atoms with Gasteiger partial charge in [0.2, 0.25) is 0 Å². The highest BCUT2D eigenvalue weighted by Crippen LogP contribution is 2.30. The molecule has 4 heteroatoms. The fourth-order valence-electron chi connectivity index (χ4n) is 2.52. The lowest BCUT2D eigenvalue weighted by molar-refractivity contribution is 1.15. The zero-order valence-corrected chi connectivity index (χ0v) is 13.6. The van der Waals surface area contributed by atoms with Gasteiger partial charge >= 0.3 is 0 Å². The van der Waals surface area contributed by atoms with Gasteiger partial charge in [0.1, 0.15) is 10.5 Å². The van der Waals surface area contributed by atoms with Gasteiger partial charge in [-0.3, -0.25) is 4.79 Å². The Bertz CT molecular complexity index is 1060. The summed E-state index contributed by atoms with van der Waals surface area (Å²) in [5, 5.41) is 0. The number of hydrogen-bond acceptors (Lipinski definition) is 3. The highest BCUT2D eigenvalue weighted by molar-refractivity contribution is 7.22. The Labute approximate surface area is 143 Å². The highest BCUT2D eigenvalue weighted by atomic mass is 32.1. The molecule has 24 heavy (non-hydrogen) atoms. The summed E-state index contributed by atoms with van der Waals surface area (Å²) in [6.45, 7) is 0. The molecule has 0 spiro atoms. The van der Waals surface area contributed by atoms with Crippen LogP contribution in [-0.4, -0.2) is 9.97 Å². The summed E-state index contributed by atoms with van der Waals surface area (Å²) in [7, 11) is 0. The van der Waals surface area contributed by atoms with Crippen LogP contribution in [0.3, 0.4) is 0 Å². The molecular formula is C20H14N2OS. The van der Waals surface area contributed by atoms with E-state index in [-0.39, 0.29) is 5.56 Å². The van der Waals surface area contributed by atoms with Gasteiger partial charge in [0.25, 0.3) is 5.56 Å². The van der Waals surface area contributed by atoms with Gasteiger partial charge in [-0.15, -0.1) is 11.3 Å². The average Bonchev–Trinajstić information content (AvgIpc) is 3.06. The largest absolute Gasteiger partial charge is 0.306 e. The van der Waals surface area contributed by atoms with Crippen molar-refractivity contribution in [3.63, 3.8) is 0 Å². The van der Waals surface area contributed by atoms with Crippen LogP contribution in [0.4, 0.5) is 0 Å². The second kappa shape index (κ2) is 6.26.